The second kappa shape index (κ2) is 4.50. The van der Waals surface area contributed by atoms with Gasteiger partial charge < -0.3 is 5.32 Å². The summed E-state index contributed by atoms with van der Waals surface area (Å²) in [5.41, 5.74) is 0. The van der Waals surface area contributed by atoms with E-state index in [0.717, 1.165) is 11.3 Å². The van der Waals surface area contributed by atoms with Gasteiger partial charge in [0.25, 0.3) is 5.91 Å². The molecule has 0 fully saturated rings. The maximum absolute atomic E-state index is 12.7. The van der Waals surface area contributed by atoms with Gasteiger partial charge in [-0.15, -0.1) is 10.2 Å². The van der Waals surface area contributed by atoms with E-state index in [0.29, 0.717) is 0 Å². The molecule has 0 aliphatic rings. The molecule has 2 aromatic rings. The number of nitrogens with zero attached hydrogens (tertiary/aromatic N) is 3. The van der Waals surface area contributed by atoms with Crippen molar-refractivity contribution in [1.29, 1.82) is 0 Å². The van der Waals surface area contributed by atoms with Crippen LogP contribution in [0, 0.1) is 5.95 Å². The van der Waals surface area contributed by atoms with Gasteiger partial charge in [0.05, 0.1) is 0 Å². The molecule has 0 aliphatic carbocycles. The van der Waals surface area contributed by atoms with Crippen LogP contribution in [0.15, 0.2) is 18.2 Å². The molecule has 0 spiro atoms. The van der Waals surface area contributed by atoms with E-state index in [2.05, 4.69) is 20.5 Å². The minimum Gasteiger partial charge on any atom is -0.304 e. The van der Waals surface area contributed by atoms with Gasteiger partial charge in [-0.1, -0.05) is 17.4 Å². The standard InChI is InChI=1S/C8H4ClFN4OS/c9-8-14-13-7(16-8)6(15)12-5-3-1-2-4(10)11-5/h1-3H,(H,11,12,15). The Labute approximate surface area is 98.3 Å². The fourth-order valence-electron chi connectivity index (χ4n) is 0.945. The Morgan fingerprint density at radius 1 is 1.44 bits per heavy atom. The highest BCUT2D eigenvalue weighted by atomic mass is 35.5. The molecule has 0 aliphatic heterocycles. The molecule has 8 heteroatoms. The number of pyridine rings is 1. The fraction of sp³-hybridized carbons (Fsp3) is 0. The first-order valence-corrected chi connectivity index (χ1v) is 5.27. The van der Waals surface area contributed by atoms with Crippen LogP contribution in [0.4, 0.5) is 10.2 Å². The summed E-state index contributed by atoms with van der Waals surface area (Å²) in [7, 11) is 0. The molecule has 0 radical (unpaired) electrons. The Kier molecular flexibility index (Phi) is 3.07. The van der Waals surface area contributed by atoms with E-state index in [9.17, 15) is 9.18 Å². The van der Waals surface area contributed by atoms with Crippen molar-refractivity contribution in [2.24, 2.45) is 0 Å². The van der Waals surface area contributed by atoms with Crippen molar-refractivity contribution < 1.29 is 9.18 Å². The fourth-order valence-corrected chi connectivity index (χ4v) is 1.67. The van der Waals surface area contributed by atoms with Crippen LogP contribution < -0.4 is 5.32 Å². The molecule has 16 heavy (non-hydrogen) atoms. The minimum atomic E-state index is -0.673. The number of amides is 1. The molecule has 82 valence electrons. The first-order valence-electron chi connectivity index (χ1n) is 4.08. The summed E-state index contributed by atoms with van der Waals surface area (Å²) in [6.45, 7) is 0. The molecular formula is C8H4ClFN4OS. The normalized spacial score (nSPS) is 10.1. The van der Waals surface area contributed by atoms with Crippen molar-refractivity contribution in [2.45, 2.75) is 0 Å². The number of anilines is 1. The van der Waals surface area contributed by atoms with Crippen LogP contribution in [-0.4, -0.2) is 21.1 Å². The van der Waals surface area contributed by atoms with Gasteiger partial charge in [0, 0.05) is 0 Å². The molecule has 2 heterocycles. The Balaban J connectivity index is 2.13. The van der Waals surface area contributed by atoms with Gasteiger partial charge in [-0.3, -0.25) is 4.79 Å². The Morgan fingerprint density at radius 2 is 2.25 bits per heavy atom. The third-order valence-corrected chi connectivity index (χ3v) is 2.57. The average molecular weight is 259 g/mol. The molecule has 5 nitrogen and oxygen atoms in total. The van der Waals surface area contributed by atoms with E-state index in [1.54, 1.807) is 0 Å². The highest BCUT2D eigenvalue weighted by molar-refractivity contribution is 7.17. The molecule has 0 saturated carbocycles. The predicted octanol–water partition coefficient (Wildman–Crippen LogP) is 1.98. The van der Waals surface area contributed by atoms with E-state index in [1.165, 1.54) is 18.2 Å². The van der Waals surface area contributed by atoms with Crippen LogP contribution in [0.5, 0.6) is 0 Å². The monoisotopic (exact) mass is 258 g/mol. The van der Waals surface area contributed by atoms with Gasteiger partial charge in [-0.05, 0) is 23.7 Å². The van der Waals surface area contributed by atoms with Gasteiger partial charge in [0.15, 0.2) is 0 Å². The lowest BCUT2D eigenvalue weighted by Crippen LogP contribution is -2.12. The third-order valence-electron chi connectivity index (χ3n) is 1.55. The smallest absolute Gasteiger partial charge is 0.287 e. The molecule has 0 saturated heterocycles. The lowest BCUT2D eigenvalue weighted by Gasteiger charge is -2.00. The van der Waals surface area contributed by atoms with Crippen molar-refractivity contribution in [3.8, 4) is 0 Å². The summed E-state index contributed by atoms with van der Waals surface area (Å²) in [4.78, 5) is 15.0. The topological polar surface area (TPSA) is 67.8 Å². The minimum absolute atomic E-state index is 0.0936. The molecule has 1 amide bonds. The van der Waals surface area contributed by atoms with E-state index in [1.807, 2.05) is 0 Å². The second-order valence-corrected chi connectivity index (χ2v) is 4.22. The van der Waals surface area contributed by atoms with Crippen LogP contribution in [0.2, 0.25) is 4.47 Å². The van der Waals surface area contributed by atoms with Crippen molar-refractivity contribution in [3.63, 3.8) is 0 Å². The van der Waals surface area contributed by atoms with Crippen LogP contribution in [0.1, 0.15) is 9.80 Å². The van der Waals surface area contributed by atoms with Crippen LogP contribution in [-0.2, 0) is 0 Å². The molecule has 1 N–H and O–H groups in total. The van der Waals surface area contributed by atoms with Crippen molar-refractivity contribution in [1.82, 2.24) is 15.2 Å². The second-order valence-electron chi connectivity index (χ2n) is 2.66. The number of hydrogen-bond donors (Lipinski definition) is 1. The zero-order chi connectivity index (χ0) is 11.5. The van der Waals surface area contributed by atoms with Crippen molar-refractivity contribution in [2.75, 3.05) is 5.32 Å². The zero-order valence-electron chi connectivity index (χ0n) is 7.65. The zero-order valence-corrected chi connectivity index (χ0v) is 9.22. The molecule has 2 rings (SSSR count). The van der Waals surface area contributed by atoms with Crippen LogP contribution in [0.25, 0.3) is 0 Å². The number of hydrogen-bond acceptors (Lipinski definition) is 5. The predicted molar refractivity (Wildman–Crippen MR) is 57.1 cm³/mol. The van der Waals surface area contributed by atoms with E-state index in [-0.39, 0.29) is 15.3 Å². The summed E-state index contributed by atoms with van der Waals surface area (Å²) in [5, 5.41) is 9.48. The molecule has 2 aromatic heterocycles. The number of aromatic nitrogens is 3. The number of halogens is 2. The molecule has 0 aromatic carbocycles. The van der Waals surface area contributed by atoms with Crippen LogP contribution >= 0.6 is 22.9 Å². The number of rotatable bonds is 2. The quantitative estimate of drug-likeness (QED) is 0.837. The molecule has 0 unspecified atom stereocenters. The highest BCUT2D eigenvalue weighted by Gasteiger charge is 2.12. The maximum atomic E-state index is 12.7. The Bertz CT molecular complexity index is 532. The first kappa shape index (κ1) is 10.9. The molecular weight excluding hydrogens is 255 g/mol. The largest absolute Gasteiger partial charge is 0.304 e. The van der Waals surface area contributed by atoms with Crippen LogP contribution in [0.3, 0.4) is 0 Å². The molecule has 0 bridgehead atoms. The van der Waals surface area contributed by atoms with Gasteiger partial charge in [0.2, 0.25) is 15.4 Å². The lowest BCUT2D eigenvalue weighted by molar-refractivity contribution is 0.102. The van der Waals surface area contributed by atoms with E-state index < -0.39 is 11.9 Å². The Morgan fingerprint density at radius 3 is 2.88 bits per heavy atom. The lowest BCUT2D eigenvalue weighted by atomic mass is 10.4. The number of carbonyl (C=O) groups excluding carboxylic acids is 1. The highest BCUT2D eigenvalue weighted by Crippen LogP contribution is 2.16. The SMILES string of the molecule is O=C(Nc1cccc(F)n1)c1nnc(Cl)s1. The first-order chi connectivity index (χ1) is 7.65. The van der Waals surface area contributed by atoms with Gasteiger partial charge in [-0.2, -0.15) is 4.39 Å². The summed E-state index contributed by atoms with van der Waals surface area (Å²) in [6, 6.07) is 4.08. The summed E-state index contributed by atoms with van der Waals surface area (Å²) in [6.07, 6.45) is 0. The van der Waals surface area contributed by atoms with Gasteiger partial charge in [0.1, 0.15) is 5.82 Å². The van der Waals surface area contributed by atoms with Gasteiger partial charge >= 0.3 is 0 Å². The summed E-state index contributed by atoms with van der Waals surface area (Å²) >= 11 is 6.45. The Hall–Kier alpha value is -1.60. The molecule has 0 atom stereocenters. The van der Waals surface area contributed by atoms with Gasteiger partial charge in [-0.25, -0.2) is 4.98 Å². The number of nitrogens with one attached hydrogen (secondary N) is 1. The number of carbonyl (C=O) groups is 1. The van der Waals surface area contributed by atoms with E-state index in [4.69, 9.17) is 11.6 Å². The van der Waals surface area contributed by atoms with Crippen molar-refractivity contribution >= 4 is 34.7 Å². The summed E-state index contributed by atoms with van der Waals surface area (Å²) < 4.78 is 12.9. The van der Waals surface area contributed by atoms with Crippen molar-refractivity contribution in [3.05, 3.63) is 33.6 Å². The summed E-state index contributed by atoms with van der Waals surface area (Å²) in [5.74, 6) is -1.09. The average Bonchev–Trinajstić information content (AvgIpc) is 2.65. The maximum Gasteiger partial charge on any atom is 0.287 e. The third kappa shape index (κ3) is 2.50. The van der Waals surface area contributed by atoms with E-state index >= 15 is 0 Å².